The molecule has 0 aliphatic carbocycles. The molecule has 0 unspecified atom stereocenters. The zero-order valence-electron chi connectivity index (χ0n) is 20.8. The van der Waals surface area contributed by atoms with Gasteiger partial charge >= 0.3 is 5.97 Å². The highest BCUT2D eigenvalue weighted by molar-refractivity contribution is 5.93. The van der Waals surface area contributed by atoms with Crippen molar-refractivity contribution in [1.29, 1.82) is 0 Å². The van der Waals surface area contributed by atoms with Crippen LogP contribution in [0.4, 0.5) is 0 Å². The Balaban J connectivity index is 1.54. The van der Waals surface area contributed by atoms with Gasteiger partial charge in [0.25, 0.3) is 5.56 Å². The van der Waals surface area contributed by atoms with Gasteiger partial charge in [-0.05, 0) is 17.7 Å². The highest BCUT2D eigenvalue weighted by atomic mass is 16.5. The average molecular weight is 498 g/mol. The van der Waals surface area contributed by atoms with Crippen LogP contribution in [0.5, 0.6) is 11.5 Å². The third-order valence-corrected chi connectivity index (χ3v) is 6.72. The lowest BCUT2D eigenvalue weighted by Gasteiger charge is -2.20. The molecule has 0 bridgehead atoms. The van der Waals surface area contributed by atoms with Gasteiger partial charge in [-0.25, -0.2) is 4.79 Å². The van der Waals surface area contributed by atoms with Crippen LogP contribution in [0.15, 0.2) is 35.1 Å². The van der Waals surface area contributed by atoms with Crippen LogP contribution < -0.4 is 15.0 Å². The van der Waals surface area contributed by atoms with Crippen LogP contribution in [-0.2, 0) is 33.7 Å². The van der Waals surface area contributed by atoms with Crippen molar-refractivity contribution in [2.24, 2.45) is 5.92 Å². The SMILES string of the molecule is COC(=O)c1c(OC[C@H]2CC(=O)N(C)C2)cc(=O)n2c1CCN(C(=O)Cc1cccc(OC)c1)CC2. The first-order chi connectivity index (χ1) is 17.3. The number of likely N-dealkylation sites (tertiary alicyclic amines) is 1. The summed E-state index contributed by atoms with van der Waals surface area (Å²) < 4.78 is 17.7. The van der Waals surface area contributed by atoms with E-state index in [-0.39, 0.29) is 54.2 Å². The zero-order chi connectivity index (χ0) is 25.8. The maximum Gasteiger partial charge on any atom is 0.343 e. The van der Waals surface area contributed by atoms with E-state index in [4.69, 9.17) is 14.2 Å². The van der Waals surface area contributed by atoms with Gasteiger partial charge in [0, 0.05) is 63.7 Å². The van der Waals surface area contributed by atoms with Crippen molar-refractivity contribution in [3.63, 3.8) is 0 Å². The fourth-order valence-electron chi connectivity index (χ4n) is 4.78. The first-order valence-electron chi connectivity index (χ1n) is 11.9. The van der Waals surface area contributed by atoms with Crippen molar-refractivity contribution < 1.29 is 28.6 Å². The number of benzene rings is 1. The van der Waals surface area contributed by atoms with E-state index in [2.05, 4.69) is 0 Å². The molecule has 3 heterocycles. The van der Waals surface area contributed by atoms with Gasteiger partial charge in [0.15, 0.2) is 0 Å². The summed E-state index contributed by atoms with van der Waals surface area (Å²) >= 11 is 0. The molecule has 1 saturated heterocycles. The quantitative estimate of drug-likeness (QED) is 0.528. The van der Waals surface area contributed by atoms with Gasteiger partial charge in [0.05, 0.1) is 27.2 Å². The number of esters is 1. The van der Waals surface area contributed by atoms with E-state index in [1.54, 1.807) is 24.0 Å². The Morgan fingerprint density at radius 3 is 2.58 bits per heavy atom. The second-order valence-electron chi connectivity index (χ2n) is 9.13. The van der Waals surface area contributed by atoms with Gasteiger partial charge in [-0.2, -0.15) is 0 Å². The predicted molar refractivity (Wildman–Crippen MR) is 130 cm³/mol. The Morgan fingerprint density at radius 1 is 1.08 bits per heavy atom. The predicted octanol–water partition coefficient (Wildman–Crippen LogP) is 1.13. The Morgan fingerprint density at radius 2 is 1.89 bits per heavy atom. The fourth-order valence-corrected chi connectivity index (χ4v) is 4.78. The highest BCUT2D eigenvalue weighted by Crippen LogP contribution is 2.26. The normalized spacial score (nSPS) is 17.4. The van der Waals surface area contributed by atoms with E-state index in [0.717, 1.165) is 5.56 Å². The van der Waals surface area contributed by atoms with E-state index in [0.29, 0.717) is 43.9 Å². The van der Waals surface area contributed by atoms with E-state index in [1.807, 2.05) is 24.3 Å². The Hall–Kier alpha value is -3.82. The molecular formula is C26H31N3O7. The van der Waals surface area contributed by atoms with Crippen LogP contribution in [0.3, 0.4) is 0 Å². The maximum absolute atomic E-state index is 13.1. The molecule has 0 N–H and O–H groups in total. The molecule has 2 aliphatic heterocycles. The van der Waals surface area contributed by atoms with Crippen LogP contribution in [-0.4, -0.2) is 79.7 Å². The van der Waals surface area contributed by atoms with Gasteiger partial charge in [0.1, 0.15) is 17.1 Å². The largest absolute Gasteiger partial charge is 0.497 e. The molecule has 4 rings (SSSR count). The Labute approximate surface area is 209 Å². The number of rotatable bonds is 7. The molecule has 2 aromatic rings. The first kappa shape index (κ1) is 25.3. The van der Waals surface area contributed by atoms with E-state index < -0.39 is 5.97 Å². The number of ether oxygens (including phenoxy) is 3. The second kappa shape index (κ2) is 10.8. The minimum absolute atomic E-state index is 0.0284. The standard InChI is InChI=1S/C26H31N3O7/c1-27-15-18(13-22(27)30)16-36-21-14-24(32)29-10-9-28(8-7-20(29)25(21)26(33)35-3)23(31)12-17-5-4-6-19(11-17)34-2/h4-6,11,14,18H,7-10,12-13,15-16H2,1-3H3/t18-/m0/s1. The summed E-state index contributed by atoms with van der Waals surface area (Å²) in [4.78, 5) is 54.0. The number of carbonyl (C=O) groups excluding carboxylic acids is 3. The maximum atomic E-state index is 13.1. The minimum Gasteiger partial charge on any atom is -0.497 e. The van der Waals surface area contributed by atoms with E-state index in [1.165, 1.54) is 17.7 Å². The monoisotopic (exact) mass is 497 g/mol. The van der Waals surface area contributed by atoms with Crippen LogP contribution >= 0.6 is 0 Å². The summed E-state index contributed by atoms with van der Waals surface area (Å²) in [5.41, 5.74) is 1.20. The lowest BCUT2D eigenvalue weighted by Crippen LogP contribution is -2.35. The average Bonchev–Trinajstić information content (AvgIpc) is 3.05. The van der Waals surface area contributed by atoms with Gasteiger partial charge < -0.3 is 28.6 Å². The molecule has 1 aromatic heterocycles. The molecule has 1 aromatic carbocycles. The van der Waals surface area contributed by atoms with Crippen molar-refractivity contribution in [2.45, 2.75) is 25.8 Å². The number of nitrogens with zero attached hydrogens (tertiary/aromatic N) is 3. The molecule has 2 amide bonds. The molecule has 0 saturated carbocycles. The lowest BCUT2D eigenvalue weighted by atomic mass is 10.1. The number of carbonyl (C=O) groups is 3. The topological polar surface area (TPSA) is 107 Å². The van der Waals surface area contributed by atoms with Crippen molar-refractivity contribution in [3.8, 4) is 11.5 Å². The highest BCUT2D eigenvalue weighted by Gasteiger charge is 2.30. The Bertz CT molecular complexity index is 1220. The molecule has 1 atom stereocenters. The smallest absolute Gasteiger partial charge is 0.343 e. The van der Waals surface area contributed by atoms with Gasteiger partial charge in [0.2, 0.25) is 11.8 Å². The number of methoxy groups -OCH3 is 2. The van der Waals surface area contributed by atoms with Crippen molar-refractivity contribution in [1.82, 2.24) is 14.4 Å². The number of amides is 2. The number of pyridine rings is 1. The summed E-state index contributed by atoms with van der Waals surface area (Å²) in [5.74, 6) is 0.159. The summed E-state index contributed by atoms with van der Waals surface area (Å²) in [6.07, 6.45) is 0.860. The first-order valence-corrected chi connectivity index (χ1v) is 11.9. The molecule has 36 heavy (non-hydrogen) atoms. The molecule has 0 radical (unpaired) electrons. The summed E-state index contributed by atoms with van der Waals surface area (Å²) in [6.45, 7) is 1.70. The molecule has 192 valence electrons. The zero-order valence-corrected chi connectivity index (χ0v) is 20.8. The van der Waals surface area contributed by atoms with Crippen molar-refractivity contribution in [2.75, 3.05) is 47.5 Å². The third-order valence-electron chi connectivity index (χ3n) is 6.72. The number of hydrogen-bond acceptors (Lipinski definition) is 7. The molecular weight excluding hydrogens is 466 g/mol. The van der Waals surface area contributed by atoms with Gasteiger partial charge in [-0.15, -0.1) is 0 Å². The lowest BCUT2D eigenvalue weighted by molar-refractivity contribution is -0.130. The van der Waals surface area contributed by atoms with Crippen LogP contribution in [0.25, 0.3) is 0 Å². The number of fused-ring (bicyclic) bond motifs is 1. The van der Waals surface area contributed by atoms with E-state index >= 15 is 0 Å². The molecule has 10 heteroatoms. The molecule has 10 nitrogen and oxygen atoms in total. The second-order valence-corrected chi connectivity index (χ2v) is 9.13. The molecule has 2 aliphatic rings. The fraction of sp³-hybridized carbons (Fsp3) is 0.462. The number of hydrogen-bond donors (Lipinski definition) is 0. The summed E-state index contributed by atoms with van der Waals surface area (Å²) in [5, 5.41) is 0. The van der Waals surface area contributed by atoms with Gasteiger partial charge in [-0.1, -0.05) is 12.1 Å². The third kappa shape index (κ3) is 5.37. The Kier molecular flexibility index (Phi) is 7.61. The van der Waals surface area contributed by atoms with Crippen molar-refractivity contribution >= 4 is 17.8 Å². The minimum atomic E-state index is -0.607. The van der Waals surface area contributed by atoms with Gasteiger partial charge in [-0.3, -0.25) is 14.4 Å². The van der Waals surface area contributed by atoms with Crippen molar-refractivity contribution in [3.05, 3.63) is 57.5 Å². The summed E-state index contributed by atoms with van der Waals surface area (Å²) in [6, 6.07) is 8.64. The number of aromatic nitrogens is 1. The van der Waals surface area contributed by atoms with Crippen LogP contribution in [0.1, 0.15) is 28.0 Å². The van der Waals surface area contributed by atoms with E-state index in [9.17, 15) is 19.2 Å². The summed E-state index contributed by atoms with van der Waals surface area (Å²) in [7, 11) is 4.59. The van der Waals surface area contributed by atoms with Crippen LogP contribution in [0, 0.1) is 5.92 Å². The van der Waals surface area contributed by atoms with Crippen LogP contribution in [0.2, 0.25) is 0 Å². The molecule has 1 fully saturated rings. The molecule has 0 spiro atoms.